The van der Waals surface area contributed by atoms with Gasteiger partial charge in [0.25, 0.3) is 0 Å². The summed E-state index contributed by atoms with van der Waals surface area (Å²) in [5.41, 5.74) is 13.4. The van der Waals surface area contributed by atoms with Gasteiger partial charge in [-0.15, -0.1) is 0 Å². The summed E-state index contributed by atoms with van der Waals surface area (Å²) in [6, 6.07) is 3.24. The van der Waals surface area contributed by atoms with Crippen LogP contribution in [0.2, 0.25) is 0 Å². The van der Waals surface area contributed by atoms with Gasteiger partial charge in [0.2, 0.25) is 0 Å². The predicted octanol–water partition coefficient (Wildman–Crippen LogP) is 1.45. The van der Waals surface area contributed by atoms with E-state index >= 15 is 0 Å². The van der Waals surface area contributed by atoms with Crippen molar-refractivity contribution >= 4 is 17.3 Å². The van der Waals surface area contributed by atoms with Crippen molar-refractivity contribution in [1.82, 2.24) is 14.6 Å². The number of hydrogen-bond donors (Lipinski definition) is 2. The van der Waals surface area contributed by atoms with E-state index in [2.05, 4.69) is 10.1 Å². The first-order chi connectivity index (χ1) is 12.0. The molecule has 0 aliphatic carbocycles. The van der Waals surface area contributed by atoms with Crippen molar-refractivity contribution in [2.75, 3.05) is 12.3 Å². The molecule has 0 radical (unpaired) electrons. The topological polar surface area (TPSA) is 118 Å². The number of carbonyl (C=O) groups is 1. The van der Waals surface area contributed by atoms with E-state index in [0.717, 1.165) is 30.5 Å². The van der Waals surface area contributed by atoms with Crippen LogP contribution in [0, 0.1) is 5.92 Å². The molecule has 1 saturated heterocycles. The molecule has 0 saturated carbocycles. The van der Waals surface area contributed by atoms with Crippen LogP contribution in [0.25, 0.3) is 5.52 Å². The standard InChI is InChI=1S/C17H25N5O3/c1-3-10(2)15(18)17(23)24-8-11-4-7-14(25-11)12-5-6-13-16(19)20-9-21-22(12)13/h5-6,9-11,14-15H,3-4,7-8,18H2,1-2H3,(H2,19,20,21). The van der Waals surface area contributed by atoms with Crippen LogP contribution >= 0.6 is 0 Å². The van der Waals surface area contributed by atoms with Crippen LogP contribution in [0.5, 0.6) is 0 Å². The monoisotopic (exact) mass is 347 g/mol. The van der Waals surface area contributed by atoms with Crippen LogP contribution in [0.1, 0.15) is 44.9 Å². The lowest BCUT2D eigenvalue weighted by Gasteiger charge is -2.19. The number of aromatic nitrogens is 3. The molecule has 4 atom stereocenters. The largest absolute Gasteiger partial charge is 0.462 e. The van der Waals surface area contributed by atoms with Crippen LogP contribution in [-0.4, -0.2) is 39.3 Å². The summed E-state index contributed by atoms with van der Waals surface area (Å²) in [6.07, 6.45) is 3.66. The number of nitrogen functional groups attached to an aromatic ring is 1. The highest BCUT2D eigenvalue weighted by Crippen LogP contribution is 2.33. The maximum Gasteiger partial charge on any atom is 0.323 e. The minimum Gasteiger partial charge on any atom is -0.462 e. The van der Waals surface area contributed by atoms with Crippen molar-refractivity contribution in [1.29, 1.82) is 0 Å². The summed E-state index contributed by atoms with van der Waals surface area (Å²) in [7, 11) is 0. The number of ether oxygens (including phenoxy) is 2. The second-order valence-electron chi connectivity index (χ2n) is 6.57. The number of anilines is 1. The smallest absolute Gasteiger partial charge is 0.323 e. The molecule has 0 bridgehead atoms. The van der Waals surface area contributed by atoms with E-state index in [1.54, 1.807) is 4.52 Å². The molecule has 3 heterocycles. The van der Waals surface area contributed by atoms with Gasteiger partial charge >= 0.3 is 5.97 Å². The van der Waals surface area contributed by atoms with Gasteiger partial charge < -0.3 is 20.9 Å². The van der Waals surface area contributed by atoms with Crippen LogP contribution in [0.3, 0.4) is 0 Å². The van der Waals surface area contributed by atoms with Gasteiger partial charge in [-0.05, 0) is 30.9 Å². The Hall–Kier alpha value is -2.19. The third-order valence-corrected chi connectivity index (χ3v) is 4.89. The van der Waals surface area contributed by atoms with Gasteiger partial charge in [0.1, 0.15) is 30.6 Å². The molecule has 25 heavy (non-hydrogen) atoms. The first-order valence-corrected chi connectivity index (χ1v) is 8.67. The van der Waals surface area contributed by atoms with Crippen LogP contribution in [-0.2, 0) is 14.3 Å². The minimum absolute atomic E-state index is 0.0990. The molecule has 2 aromatic rings. The van der Waals surface area contributed by atoms with E-state index in [-0.39, 0.29) is 30.7 Å². The second-order valence-corrected chi connectivity index (χ2v) is 6.57. The first kappa shape index (κ1) is 17.6. The molecule has 136 valence electrons. The van der Waals surface area contributed by atoms with Crippen molar-refractivity contribution in [3.05, 3.63) is 24.2 Å². The van der Waals surface area contributed by atoms with Gasteiger partial charge in [-0.25, -0.2) is 9.50 Å². The van der Waals surface area contributed by atoms with Crippen molar-refractivity contribution < 1.29 is 14.3 Å². The quantitative estimate of drug-likeness (QED) is 0.759. The van der Waals surface area contributed by atoms with E-state index in [9.17, 15) is 4.79 Å². The highest BCUT2D eigenvalue weighted by molar-refractivity contribution is 5.75. The molecule has 0 amide bonds. The Morgan fingerprint density at radius 2 is 2.28 bits per heavy atom. The van der Waals surface area contributed by atoms with Gasteiger partial charge in [0.05, 0.1) is 11.8 Å². The van der Waals surface area contributed by atoms with E-state index in [0.29, 0.717) is 5.82 Å². The highest BCUT2D eigenvalue weighted by atomic mass is 16.6. The third kappa shape index (κ3) is 3.59. The zero-order valence-corrected chi connectivity index (χ0v) is 14.6. The predicted molar refractivity (Wildman–Crippen MR) is 92.6 cm³/mol. The summed E-state index contributed by atoms with van der Waals surface area (Å²) in [5.74, 6) is 0.167. The van der Waals surface area contributed by atoms with E-state index < -0.39 is 6.04 Å². The molecule has 8 nitrogen and oxygen atoms in total. The summed E-state index contributed by atoms with van der Waals surface area (Å²) < 4.78 is 13.1. The third-order valence-electron chi connectivity index (χ3n) is 4.89. The number of nitrogens with two attached hydrogens (primary N) is 2. The fourth-order valence-corrected chi connectivity index (χ4v) is 3.02. The molecule has 0 spiro atoms. The summed E-state index contributed by atoms with van der Waals surface area (Å²) in [6.45, 7) is 4.17. The molecular weight excluding hydrogens is 322 g/mol. The van der Waals surface area contributed by atoms with Crippen LogP contribution in [0.4, 0.5) is 5.82 Å². The average molecular weight is 347 g/mol. The second kappa shape index (κ2) is 7.37. The summed E-state index contributed by atoms with van der Waals surface area (Å²) in [5, 5.41) is 4.24. The number of esters is 1. The Morgan fingerprint density at radius 3 is 3.04 bits per heavy atom. The summed E-state index contributed by atoms with van der Waals surface area (Å²) >= 11 is 0. The Kier molecular flexibility index (Phi) is 5.19. The SMILES string of the molecule is CCC(C)C(N)C(=O)OCC1CCC(c2ccc3c(N)ncnn23)O1. The fourth-order valence-electron chi connectivity index (χ4n) is 3.02. The minimum atomic E-state index is -0.587. The molecule has 1 aliphatic heterocycles. The first-order valence-electron chi connectivity index (χ1n) is 8.67. The van der Waals surface area contributed by atoms with Crippen molar-refractivity contribution in [3.63, 3.8) is 0 Å². The molecule has 1 fully saturated rings. The molecular formula is C17H25N5O3. The number of carbonyl (C=O) groups excluding carboxylic acids is 1. The van der Waals surface area contributed by atoms with E-state index in [1.807, 2.05) is 26.0 Å². The lowest BCUT2D eigenvalue weighted by Crippen LogP contribution is -2.39. The average Bonchev–Trinajstić information content (AvgIpc) is 3.25. The number of fused-ring (bicyclic) bond motifs is 1. The van der Waals surface area contributed by atoms with Crippen molar-refractivity contribution in [2.45, 2.75) is 51.4 Å². The molecule has 1 aliphatic rings. The zero-order chi connectivity index (χ0) is 18.0. The molecule has 2 aromatic heterocycles. The van der Waals surface area contributed by atoms with Crippen molar-refractivity contribution in [3.8, 4) is 0 Å². The van der Waals surface area contributed by atoms with Gasteiger partial charge in [-0.1, -0.05) is 20.3 Å². The van der Waals surface area contributed by atoms with E-state index in [1.165, 1.54) is 6.33 Å². The Morgan fingerprint density at radius 1 is 1.48 bits per heavy atom. The Bertz CT molecular complexity index is 747. The Labute approximate surface area is 146 Å². The highest BCUT2D eigenvalue weighted by Gasteiger charge is 2.30. The molecule has 0 aromatic carbocycles. The van der Waals surface area contributed by atoms with Crippen molar-refractivity contribution in [2.24, 2.45) is 11.7 Å². The van der Waals surface area contributed by atoms with E-state index in [4.69, 9.17) is 20.9 Å². The van der Waals surface area contributed by atoms with Gasteiger partial charge in [0.15, 0.2) is 5.82 Å². The number of rotatable bonds is 6. The molecule has 3 rings (SSSR count). The molecule has 4 unspecified atom stereocenters. The fraction of sp³-hybridized carbons (Fsp3) is 0.588. The molecule has 4 N–H and O–H groups in total. The lowest BCUT2D eigenvalue weighted by atomic mass is 10.0. The van der Waals surface area contributed by atoms with Crippen LogP contribution in [0.15, 0.2) is 18.5 Å². The number of nitrogens with zero attached hydrogens (tertiary/aromatic N) is 3. The summed E-state index contributed by atoms with van der Waals surface area (Å²) in [4.78, 5) is 16.0. The number of hydrogen-bond acceptors (Lipinski definition) is 7. The maximum atomic E-state index is 12.0. The zero-order valence-electron chi connectivity index (χ0n) is 14.6. The van der Waals surface area contributed by atoms with Gasteiger partial charge in [-0.2, -0.15) is 5.10 Å². The molecule has 8 heteroatoms. The normalized spacial score (nSPS) is 22.8. The van der Waals surface area contributed by atoms with Gasteiger partial charge in [0, 0.05) is 0 Å². The van der Waals surface area contributed by atoms with Gasteiger partial charge in [-0.3, -0.25) is 4.79 Å². The maximum absolute atomic E-state index is 12.0. The lowest BCUT2D eigenvalue weighted by molar-refractivity contribution is -0.150. The Balaban J connectivity index is 1.58. The van der Waals surface area contributed by atoms with Crippen LogP contribution < -0.4 is 11.5 Å².